The molecule has 0 spiro atoms. The number of aromatic nitrogens is 2. The second kappa shape index (κ2) is 5.49. The summed E-state index contributed by atoms with van der Waals surface area (Å²) in [6.45, 7) is 0. The molecule has 4 nitrogen and oxygen atoms in total. The third-order valence-corrected chi connectivity index (χ3v) is 3.16. The molecular weight excluding hydrogens is 293 g/mol. The standard InChI is InChI=1S/C12H7F3N2O2S/c13-12(14,15)8-2-4-10(17-6-8)20-9-3-1-7(5-16-9)11(18)19/h1-6H,(H,18,19). The van der Waals surface area contributed by atoms with Crippen molar-refractivity contribution in [3.63, 3.8) is 0 Å². The lowest BCUT2D eigenvalue weighted by Crippen LogP contribution is -2.05. The van der Waals surface area contributed by atoms with Crippen LogP contribution in [0.3, 0.4) is 0 Å². The van der Waals surface area contributed by atoms with Crippen LogP contribution in [0, 0.1) is 0 Å². The molecule has 0 bridgehead atoms. The van der Waals surface area contributed by atoms with E-state index in [1.54, 1.807) is 0 Å². The Hall–Kier alpha value is -2.09. The lowest BCUT2D eigenvalue weighted by atomic mass is 10.3. The van der Waals surface area contributed by atoms with Gasteiger partial charge in [-0.3, -0.25) is 0 Å². The number of carbonyl (C=O) groups is 1. The van der Waals surface area contributed by atoms with Crippen LogP contribution in [-0.2, 0) is 6.18 Å². The van der Waals surface area contributed by atoms with E-state index in [1.807, 2.05) is 0 Å². The van der Waals surface area contributed by atoms with Gasteiger partial charge in [0.2, 0.25) is 0 Å². The third-order valence-electron chi connectivity index (χ3n) is 2.26. The summed E-state index contributed by atoms with van der Waals surface area (Å²) in [4.78, 5) is 18.2. The number of hydrogen-bond donors (Lipinski definition) is 1. The Bertz CT molecular complexity index is 612. The second-order valence-corrected chi connectivity index (χ2v) is 4.72. The van der Waals surface area contributed by atoms with Crippen LogP contribution >= 0.6 is 11.8 Å². The summed E-state index contributed by atoms with van der Waals surface area (Å²) in [7, 11) is 0. The maximum Gasteiger partial charge on any atom is 0.417 e. The molecule has 0 aliphatic carbocycles. The highest BCUT2D eigenvalue weighted by molar-refractivity contribution is 7.99. The molecule has 0 fully saturated rings. The van der Waals surface area contributed by atoms with Crippen molar-refractivity contribution in [2.24, 2.45) is 0 Å². The number of pyridine rings is 2. The highest BCUT2D eigenvalue weighted by Crippen LogP contribution is 2.30. The van der Waals surface area contributed by atoms with Crippen LogP contribution in [0.25, 0.3) is 0 Å². The number of nitrogens with zero attached hydrogens (tertiary/aromatic N) is 2. The zero-order valence-electron chi connectivity index (χ0n) is 9.76. The monoisotopic (exact) mass is 300 g/mol. The molecule has 0 aromatic carbocycles. The van der Waals surface area contributed by atoms with E-state index in [0.29, 0.717) is 10.1 Å². The lowest BCUT2D eigenvalue weighted by molar-refractivity contribution is -0.137. The van der Waals surface area contributed by atoms with Crippen LogP contribution in [0.2, 0.25) is 0 Å². The van der Waals surface area contributed by atoms with Crippen molar-refractivity contribution in [2.75, 3.05) is 0 Å². The van der Waals surface area contributed by atoms with E-state index in [4.69, 9.17) is 5.11 Å². The fourth-order valence-corrected chi connectivity index (χ4v) is 1.98. The Morgan fingerprint density at radius 3 is 2.05 bits per heavy atom. The summed E-state index contributed by atoms with van der Waals surface area (Å²) in [5.74, 6) is -1.10. The first-order valence-electron chi connectivity index (χ1n) is 5.27. The average molecular weight is 300 g/mol. The van der Waals surface area contributed by atoms with Gasteiger partial charge in [-0.25, -0.2) is 14.8 Å². The first-order valence-corrected chi connectivity index (χ1v) is 6.08. The smallest absolute Gasteiger partial charge is 0.417 e. The summed E-state index contributed by atoms with van der Waals surface area (Å²) in [6.07, 6.45) is -2.50. The van der Waals surface area contributed by atoms with Crippen molar-refractivity contribution < 1.29 is 23.1 Å². The molecule has 2 rings (SSSR count). The van der Waals surface area contributed by atoms with Crippen LogP contribution in [0.5, 0.6) is 0 Å². The molecule has 0 amide bonds. The summed E-state index contributed by atoms with van der Waals surface area (Å²) in [5, 5.41) is 9.49. The second-order valence-electron chi connectivity index (χ2n) is 3.68. The molecule has 2 aromatic rings. The van der Waals surface area contributed by atoms with Gasteiger partial charge in [0.05, 0.1) is 11.1 Å². The molecule has 0 atom stereocenters. The normalized spacial score (nSPS) is 11.3. The summed E-state index contributed by atoms with van der Waals surface area (Å²) in [6, 6.07) is 5.00. The number of hydrogen-bond acceptors (Lipinski definition) is 4. The predicted octanol–water partition coefficient (Wildman–Crippen LogP) is 3.34. The zero-order valence-corrected chi connectivity index (χ0v) is 10.6. The molecule has 0 aliphatic rings. The number of alkyl halides is 3. The molecule has 0 unspecified atom stereocenters. The van der Waals surface area contributed by atoms with E-state index in [0.717, 1.165) is 24.0 Å². The van der Waals surface area contributed by atoms with Crippen LogP contribution < -0.4 is 0 Å². The topological polar surface area (TPSA) is 63.1 Å². The fourth-order valence-electron chi connectivity index (χ4n) is 1.28. The van der Waals surface area contributed by atoms with Gasteiger partial charge in [0.15, 0.2) is 0 Å². The van der Waals surface area contributed by atoms with Crippen molar-refractivity contribution in [1.82, 2.24) is 9.97 Å². The van der Waals surface area contributed by atoms with Gasteiger partial charge in [-0.05, 0) is 24.3 Å². The predicted molar refractivity (Wildman–Crippen MR) is 64.6 cm³/mol. The Kier molecular flexibility index (Phi) is 3.93. The van der Waals surface area contributed by atoms with E-state index < -0.39 is 17.7 Å². The van der Waals surface area contributed by atoms with E-state index >= 15 is 0 Å². The van der Waals surface area contributed by atoms with Crippen molar-refractivity contribution in [1.29, 1.82) is 0 Å². The highest BCUT2D eigenvalue weighted by Gasteiger charge is 2.30. The van der Waals surface area contributed by atoms with Crippen molar-refractivity contribution in [3.8, 4) is 0 Å². The highest BCUT2D eigenvalue weighted by atomic mass is 32.2. The average Bonchev–Trinajstić information content (AvgIpc) is 2.39. The first kappa shape index (κ1) is 14.3. The van der Waals surface area contributed by atoms with Gasteiger partial charge in [-0.15, -0.1) is 0 Å². The maximum absolute atomic E-state index is 12.4. The molecule has 20 heavy (non-hydrogen) atoms. The third kappa shape index (κ3) is 3.47. The van der Waals surface area contributed by atoms with Crippen molar-refractivity contribution in [2.45, 2.75) is 16.2 Å². The molecule has 0 saturated heterocycles. The van der Waals surface area contributed by atoms with Gasteiger partial charge >= 0.3 is 12.1 Å². The quantitative estimate of drug-likeness (QED) is 0.942. The Labute approximate surface area is 115 Å². The number of carboxylic acids is 1. The Balaban J connectivity index is 2.12. The van der Waals surface area contributed by atoms with E-state index in [9.17, 15) is 18.0 Å². The fraction of sp³-hybridized carbons (Fsp3) is 0.0833. The van der Waals surface area contributed by atoms with E-state index in [2.05, 4.69) is 9.97 Å². The molecule has 2 heterocycles. The minimum absolute atomic E-state index is 0.0368. The molecule has 8 heteroatoms. The van der Waals surface area contributed by atoms with E-state index in [-0.39, 0.29) is 5.56 Å². The van der Waals surface area contributed by atoms with Crippen molar-refractivity contribution >= 4 is 17.7 Å². The van der Waals surface area contributed by atoms with Crippen molar-refractivity contribution in [3.05, 3.63) is 47.8 Å². The number of carboxylic acid groups (broad SMARTS) is 1. The molecule has 104 valence electrons. The van der Waals surface area contributed by atoms with Gasteiger partial charge in [-0.2, -0.15) is 13.2 Å². The SMILES string of the molecule is O=C(O)c1ccc(Sc2ccc(C(F)(F)F)cn2)nc1. The van der Waals surface area contributed by atoms with Crippen LogP contribution in [0.1, 0.15) is 15.9 Å². The molecular formula is C12H7F3N2O2S. The minimum atomic E-state index is -4.42. The van der Waals surface area contributed by atoms with Gasteiger partial charge in [0.1, 0.15) is 10.1 Å². The van der Waals surface area contributed by atoms with Gasteiger partial charge in [-0.1, -0.05) is 11.8 Å². The van der Waals surface area contributed by atoms with Crippen LogP contribution in [0.4, 0.5) is 13.2 Å². The van der Waals surface area contributed by atoms with Crippen LogP contribution in [-0.4, -0.2) is 21.0 Å². The Morgan fingerprint density at radius 1 is 1.05 bits per heavy atom. The number of rotatable bonds is 3. The van der Waals surface area contributed by atoms with Gasteiger partial charge in [0.25, 0.3) is 0 Å². The van der Waals surface area contributed by atoms with Gasteiger partial charge < -0.3 is 5.11 Å². The summed E-state index contributed by atoms with van der Waals surface area (Å²) < 4.78 is 37.1. The minimum Gasteiger partial charge on any atom is -0.478 e. The zero-order chi connectivity index (χ0) is 14.8. The lowest BCUT2D eigenvalue weighted by Gasteiger charge is -2.06. The molecule has 0 saturated carbocycles. The van der Waals surface area contributed by atoms with E-state index in [1.165, 1.54) is 24.4 Å². The van der Waals surface area contributed by atoms with Crippen LogP contribution in [0.15, 0.2) is 46.7 Å². The molecule has 0 aliphatic heterocycles. The summed E-state index contributed by atoms with van der Waals surface area (Å²) in [5.41, 5.74) is -0.786. The number of halogens is 3. The largest absolute Gasteiger partial charge is 0.478 e. The summed E-state index contributed by atoms with van der Waals surface area (Å²) >= 11 is 1.04. The molecule has 2 aromatic heterocycles. The molecule has 1 N–H and O–H groups in total. The first-order chi connectivity index (χ1) is 9.36. The maximum atomic E-state index is 12.4. The Morgan fingerprint density at radius 2 is 1.65 bits per heavy atom. The molecule has 0 radical (unpaired) electrons. The number of aromatic carboxylic acids is 1. The van der Waals surface area contributed by atoms with Gasteiger partial charge in [0, 0.05) is 12.4 Å².